The predicted molar refractivity (Wildman–Crippen MR) is 143 cm³/mol. The first-order valence-electron chi connectivity index (χ1n) is 12.5. The number of aliphatic imine (C=N–C) groups is 1. The van der Waals surface area contributed by atoms with Crippen LogP contribution in [0.15, 0.2) is 69.2 Å². The summed E-state index contributed by atoms with van der Waals surface area (Å²) in [5.74, 6) is 1.29. The fourth-order valence-electron chi connectivity index (χ4n) is 5.12. The number of hydrogen-bond acceptors (Lipinski definition) is 9. The Labute approximate surface area is 219 Å². The van der Waals surface area contributed by atoms with Crippen LogP contribution in [0.5, 0.6) is 0 Å². The van der Waals surface area contributed by atoms with Crippen LogP contribution in [0.25, 0.3) is 11.1 Å². The fraction of sp³-hybridized carbons (Fsp3) is 0.385. The van der Waals surface area contributed by atoms with Crippen molar-refractivity contribution >= 4 is 46.4 Å². The third-order valence-corrected chi connectivity index (χ3v) is 7.98. The minimum absolute atomic E-state index is 0.290. The van der Waals surface area contributed by atoms with Crippen LogP contribution in [0.4, 0.5) is 10.5 Å². The van der Waals surface area contributed by atoms with Gasteiger partial charge in [0, 0.05) is 51.2 Å². The van der Waals surface area contributed by atoms with E-state index in [1.54, 1.807) is 18.8 Å². The van der Waals surface area contributed by atoms with Crippen LogP contribution < -0.4 is 10.2 Å². The maximum atomic E-state index is 12.9. The first-order chi connectivity index (χ1) is 18.1. The number of piperazine rings is 1. The number of nitrogens with zero attached hydrogens (tertiary/aromatic N) is 6. The average molecular weight is 520 g/mol. The minimum Gasteiger partial charge on any atom is -0.431 e. The zero-order chi connectivity index (χ0) is 25.4. The van der Waals surface area contributed by atoms with Gasteiger partial charge in [-0.2, -0.15) is 0 Å². The molecule has 2 fully saturated rings. The second-order valence-electron chi connectivity index (χ2n) is 9.35. The zero-order valence-electron chi connectivity index (χ0n) is 20.6. The fourth-order valence-corrected chi connectivity index (χ4v) is 5.88. The molecule has 6 rings (SSSR count). The van der Waals surface area contributed by atoms with E-state index in [1.807, 2.05) is 30.3 Å². The highest BCUT2D eigenvalue weighted by atomic mass is 32.2. The summed E-state index contributed by atoms with van der Waals surface area (Å²) in [6.07, 6.45) is 0.286. The molecule has 0 bridgehead atoms. The average Bonchev–Trinajstić information content (AvgIpc) is 3.52. The number of thioether (sulfide) groups is 1. The molecule has 0 aliphatic carbocycles. The van der Waals surface area contributed by atoms with E-state index in [0.717, 1.165) is 55.4 Å². The number of benzene rings is 2. The number of urea groups is 1. The van der Waals surface area contributed by atoms with Crippen molar-refractivity contribution in [2.45, 2.75) is 23.9 Å². The van der Waals surface area contributed by atoms with Crippen LogP contribution in [0.2, 0.25) is 0 Å². The maximum absolute atomic E-state index is 12.9. The molecule has 1 aromatic heterocycles. The molecular formula is C26H29N7O3S. The Hall–Kier alpha value is -3.73. The van der Waals surface area contributed by atoms with Crippen LogP contribution in [0, 0.1) is 0 Å². The first kappa shape index (κ1) is 23.7. The van der Waals surface area contributed by atoms with Crippen LogP contribution in [-0.2, 0) is 4.79 Å². The van der Waals surface area contributed by atoms with Gasteiger partial charge in [0.2, 0.25) is 0 Å². The number of amides is 3. The van der Waals surface area contributed by atoms with Crippen molar-refractivity contribution in [3.63, 3.8) is 0 Å². The predicted octanol–water partition coefficient (Wildman–Crippen LogP) is 2.68. The summed E-state index contributed by atoms with van der Waals surface area (Å²) in [6.45, 7) is 3.95. The molecule has 0 saturated carbocycles. The molecule has 0 radical (unpaired) electrons. The molecule has 2 saturated heterocycles. The smallest absolute Gasteiger partial charge is 0.325 e. The number of oxazole rings is 1. The number of carbonyl (C=O) groups is 2. The summed E-state index contributed by atoms with van der Waals surface area (Å²) in [7, 11) is 1.69. The summed E-state index contributed by atoms with van der Waals surface area (Å²) >= 11 is 1.57. The lowest BCUT2D eigenvalue weighted by atomic mass is 10.1. The molecule has 3 aliphatic rings. The van der Waals surface area contributed by atoms with E-state index < -0.39 is 18.2 Å². The van der Waals surface area contributed by atoms with Crippen molar-refractivity contribution in [3.8, 4) is 0 Å². The molecule has 1 N–H and O–H groups in total. The molecular weight excluding hydrogens is 490 g/mol. The monoisotopic (exact) mass is 519 g/mol. The number of rotatable bonds is 6. The van der Waals surface area contributed by atoms with Gasteiger partial charge in [0.25, 0.3) is 11.1 Å². The van der Waals surface area contributed by atoms with E-state index in [-0.39, 0.29) is 5.91 Å². The summed E-state index contributed by atoms with van der Waals surface area (Å²) in [5.41, 5.74) is 2.84. The lowest BCUT2D eigenvalue weighted by Gasteiger charge is -2.41. The van der Waals surface area contributed by atoms with Gasteiger partial charge in [-0.25, -0.2) is 14.8 Å². The van der Waals surface area contributed by atoms with E-state index in [9.17, 15) is 9.59 Å². The normalized spacial score (nSPS) is 21.9. The molecule has 37 heavy (non-hydrogen) atoms. The number of para-hydroxylation sites is 3. The van der Waals surface area contributed by atoms with E-state index in [4.69, 9.17) is 9.41 Å². The van der Waals surface area contributed by atoms with Gasteiger partial charge in [-0.3, -0.25) is 10.1 Å². The molecule has 2 unspecified atom stereocenters. The van der Waals surface area contributed by atoms with Gasteiger partial charge in [0.05, 0.1) is 0 Å². The van der Waals surface area contributed by atoms with E-state index in [1.165, 1.54) is 10.6 Å². The number of aromatic nitrogens is 1. The summed E-state index contributed by atoms with van der Waals surface area (Å²) < 4.78 is 5.83. The summed E-state index contributed by atoms with van der Waals surface area (Å²) in [5, 5.41) is 3.14. The highest BCUT2D eigenvalue weighted by Crippen LogP contribution is 2.28. The molecule has 0 spiro atoms. The molecule has 2 atom stereocenters. The molecule has 3 aliphatic heterocycles. The van der Waals surface area contributed by atoms with Crippen molar-refractivity contribution in [1.29, 1.82) is 0 Å². The molecule has 3 aromatic rings. The van der Waals surface area contributed by atoms with Gasteiger partial charge in [-0.1, -0.05) is 42.1 Å². The minimum atomic E-state index is -0.529. The summed E-state index contributed by atoms with van der Waals surface area (Å²) in [4.78, 5) is 42.9. The van der Waals surface area contributed by atoms with Gasteiger partial charge < -0.3 is 24.0 Å². The van der Waals surface area contributed by atoms with Crippen LogP contribution in [-0.4, -0.2) is 95.3 Å². The highest BCUT2D eigenvalue weighted by Gasteiger charge is 2.49. The van der Waals surface area contributed by atoms with E-state index in [0.29, 0.717) is 11.8 Å². The topological polar surface area (TPSA) is 97.5 Å². The Morgan fingerprint density at radius 3 is 2.51 bits per heavy atom. The van der Waals surface area contributed by atoms with Gasteiger partial charge in [-0.05, 0) is 30.7 Å². The number of likely N-dealkylation sites (N-methyl/N-ethyl adjacent to an activating group) is 1. The highest BCUT2D eigenvalue weighted by molar-refractivity contribution is 7.99. The number of carbonyl (C=O) groups excluding carboxylic acids is 2. The number of nitrogens with one attached hydrogen (secondary N) is 1. The van der Waals surface area contributed by atoms with Crippen molar-refractivity contribution in [1.82, 2.24) is 25.0 Å². The Morgan fingerprint density at radius 2 is 1.73 bits per heavy atom. The standard InChI is InChI=1S/C26H29N7O3S/c1-30-22-21(23(34)29-25(30)35)33(12-7-17-37-26-27-19-10-5-6-11-20(19)36-26)24(28-22)32-15-13-31(14-16-32)18-8-3-2-4-9-18/h2-6,8-11,21-22H,7,12-17H2,1H3,(H,29,34,35). The van der Waals surface area contributed by atoms with Crippen LogP contribution in [0.1, 0.15) is 6.42 Å². The quantitative estimate of drug-likeness (QED) is 0.392. The lowest BCUT2D eigenvalue weighted by Crippen LogP contribution is -2.64. The molecule has 192 valence electrons. The first-order valence-corrected chi connectivity index (χ1v) is 13.5. The third-order valence-electron chi connectivity index (χ3n) is 7.07. The van der Waals surface area contributed by atoms with Crippen LogP contribution >= 0.6 is 11.8 Å². The Bertz CT molecular complexity index is 1290. The van der Waals surface area contributed by atoms with Gasteiger partial charge in [-0.15, -0.1) is 0 Å². The number of hydrogen-bond donors (Lipinski definition) is 1. The van der Waals surface area contributed by atoms with Crippen molar-refractivity contribution in [2.75, 3.05) is 50.4 Å². The van der Waals surface area contributed by atoms with Gasteiger partial charge >= 0.3 is 6.03 Å². The summed E-state index contributed by atoms with van der Waals surface area (Å²) in [6, 6.07) is 17.2. The van der Waals surface area contributed by atoms with E-state index in [2.05, 4.69) is 49.3 Å². The largest absolute Gasteiger partial charge is 0.431 e. The Morgan fingerprint density at radius 1 is 1.00 bits per heavy atom. The second kappa shape index (κ2) is 9.97. The molecule has 10 nitrogen and oxygen atoms in total. The Kier molecular flexibility index (Phi) is 6.37. The van der Waals surface area contributed by atoms with E-state index >= 15 is 0 Å². The van der Waals surface area contributed by atoms with Crippen molar-refractivity contribution < 1.29 is 14.0 Å². The van der Waals surface area contributed by atoms with Crippen LogP contribution in [0.3, 0.4) is 0 Å². The molecule has 2 aromatic carbocycles. The molecule has 3 amide bonds. The van der Waals surface area contributed by atoms with Crippen molar-refractivity contribution in [3.05, 3.63) is 54.6 Å². The number of anilines is 1. The van der Waals surface area contributed by atoms with Gasteiger partial charge in [0.15, 0.2) is 23.8 Å². The third kappa shape index (κ3) is 4.59. The Balaban J connectivity index is 1.14. The van der Waals surface area contributed by atoms with Crippen molar-refractivity contribution in [2.24, 2.45) is 4.99 Å². The number of imide groups is 1. The maximum Gasteiger partial charge on any atom is 0.325 e. The zero-order valence-corrected chi connectivity index (χ0v) is 21.4. The molecule has 11 heteroatoms. The number of guanidine groups is 1. The van der Waals surface area contributed by atoms with Gasteiger partial charge in [0.1, 0.15) is 5.52 Å². The SMILES string of the molecule is CN1C(=O)NC(=O)C2C1N=C(N1CCN(c3ccccc3)CC1)N2CCCSc1nc2ccccc2o1. The molecule has 4 heterocycles. The second-order valence-corrected chi connectivity index (χ2v) is 10.4. The number of fused-ring (bicyclic) bond motifs is 2. The lowest BCUT2D eigenvalue weighted by molar-refractivity contribution is -0.127.